The van der Waals surface area contributed by atoms with Crippen LogP contribution in [0.15, 0.2) is 48.8 Å². The van der Waals surface area contributed by atoms with Gasteiger partial charge in [-0.3, -0.25) is 0 Å². The average Bonchev–Trinajstić information content (AvgIpc) is 2.48. The maximum absolute atomic E-state index is 2.30. The normalized spacial score (nSPS) is 9.80. The summed E-state index contributed by atoms with van der Waals surface area (Å²) in [4.78, 5) is 0. The minimum atomic E-state index is 1.06. The molecule has 2 aromatic heterocycles. The first-order valence-electron chi connectivity index (χ1n) is 7.59. The van der Waals surface area contributed by atoms with Crippen LogP contribution >= 0.6 is 0 Å². The Balaban J connectivity index is 0.000000204. The summed E-state index contributed by atoms with van der Waals surface area (Å²) in [6.07, 6.45) is 6.77. The second kappa shape index (κ2) is 9.24. The molecule has 0 saturated carbocycles. The molecule has 2 heteroatoms. The van der Waals surface area contributed by atoms with Gasteiger partial charge in [0.05, 0.1) is 0 Å². The molecule has 0 amide bonds. The van der Waals surface area contributed by atoms with E-state index in [1.807, 2.05) is 0 Å². The third-order valence-corrected chi connectivity index (χ3v) is 3.43. The van der Waals surface area contributed by atoms with Gasteiger partial charge < -0.3 is 0 Å². The van der Waals surface area contributed by atoms with Gasteiger partial charge in [0.15, 0.2) is 23.8 Å². The zero-order valence-electron chi connectivity index (χ0n) is 13.3. The Labute approximate surface area is 123 Å². The van der Waals surface area contributed by atoms with Crippen LogP contribution in [0.25, 0.3) is 0 Å². The van der Waals surface area contributed by atoms with Crippen molar-refractivity contribution >= 4 is 0 Å². The number of pyridine rings is 2. The predicted molar refractivity (Wildman–Crippen MR) is 83.3 cm³/mol. The van der Waals surface area contributed by atoms with Gasteiger partial charge in [0.25, 0.3) is 0 Å². The first-order valence-corrected chi connectivity index (χ1v) is 7.59. The van der Waals surface area contributed by atoms with Crippen molar-refractivity contribution in [3.63, 3.8) is 0 Å². The van der Waals surface area contributed by atoms with Gasteiger partial charge in [-0.1, -0.05) is 25.5 Å². The monoisotopic (exact) mass is 272 g/mol. The molecule has 0 fully saturated rings. The van der Waals surface area contributed by atoms with Crippen LogP contribution in [0.3, 0.4) is 0 Å². The van der Waals surface area contributed by atoms with Gasteiger partial charge in [-0.15, -0.1) is 0 Å². The van der Waals surface area contributed by atoms with Crippen LogP contribution in [0.2, 0.25) is 0 Å². The lowest BCUT2D eigenvalue weighted by molar-refractivity contribution is -0.703. The minimum Gasteiger partial charge on any atom is -0.203 e. The van der Waals surface area contributed by atoms with E-state index in [4.69, 9.17) is 0 Å². The van der Waals surface area contributed by atoms with Gasteiger partial charge in [-0.2, -0.15) is 0 Å². The maximum atomic E-state index is 2.30. The Bertz CT molecular complexity index is 506. The van der Waals surface area contributed by atoms with Gasteiger partial charge in [0, 0.05) is 44.5 Å². The van der Waals surface area contributed by atoms with E-state index in [1.54, 1.807) is 0 Å². The van der Waals surface area contributed by atoms with Crippen molar-refractivity contribution in [2.24, 2.45) is 0 Å². The molecular weight excluding hydrogens is 244 g/mol. The summed E-state index contributed by atoms with van der Waals surface area (Å²) in [6, 6.07) is 12.5. The number of aryl methyl sites for hydroxylation is 4. The molecule has 0 spiro atoms. The molecule has 0 aliphatic heterocycles. The zero-order chi connectivity index (χ0) is 14.8. The molecule has 0 bridgehead atoms. The van der Waals surface area contributed by atoms with E-state index < -0.39 is 0 Å². The highest BCUT2D eigenvalue weighted by Crippen LogP contribution is 1.91. The van der Waals surface area contributed by atoms with Crippen molar-refractivity contribution in [2.45, 2.75) is 53.6 Å². The summed E-state index contributed by atoms with van der Waals surface area (Å²) in [5.74, 6) is 0. The fourth-order valence-electron chi connectivity index (χ4n) is 2.06. The molecular formula is C18H28N2+2. The van der Waals surface area contributed by atoms with Crippen molar-refractivity contribution < 1.29 is 9.13 Å². The van der Waals surface area contributed by atoms with Crippen LogP contribution in [-0.4, -0.2) is 0 Å². The third-order valence-electron chi connectivity index (χ3n) is 3.43. The van der Waals surface area contributed by atoms with Gasteiger partial charge in [0.2, 0.25) is 0 Å². The molecule has 0 radical (unpaired) electrons. The van der Waals surface area contributed by atoms with Crippen LogP contribution < -0.4 is 9.13 Å². The molecule has 2 rings (SSSR count). The molecule has 0 N–H and O–H groups in total. The average molecular weight is 272 g/mol. The summed E-state index contributed by atoms with van der Waals surface area (Å²) >= 11 is 0. The van der Waals surface area contributed by atoms with Crippen molar-refractivity contribution in [2.75, 3.05) is 0 Å². The van der Waals surface area contributed by atoms with E-state index in [9.17, 15) is 0 Å². The number of nitrogens with zero attached hydrogens (tertiary/aromatic N) is 2. The number of hydrogen-bond acceptors (Lipinski definition) is 0. The second-order valence-corrected chi connectivity index (χ2v) is 5.02. The molecule has 0 aliphatic rings. The Hall–Kier alpha value is -1.70. The highest BCUT2D eigenvalue weighted by molar-refractivity contribution is 4.94. The van der Waals surface area contributed by atoms with Gasteiger partial charge in [0.1, 0.15) is 13.1 Å². The van der Waals surface area contributed by atoms with E-state index in [0.717, 1.165) is 13.1 Å². The van der Waals surface area contributed by atoms with Crippen LogP contribution in [0, 0.1) is 13.8 Å². The van der Waals surface area contributed by atoms with E-state index >= 15 is 0 Å². The van der Waals surface area contributed by atoms with Crippen molar-refractivity contribution in [1.82, 2.24) is 0 Å². The van der Waals surface area contributed by atoms with Crippen LogP contribution in [0.4, 0.5) is 0 Å². The summed E-state index contributed by atoms with van der Waals surface area (Å²) in [6.45, 7) is 10.8. The van der Waals surface area contributed by atoms with Gasteiger partial charge in [-0.05, 0) is 6.92 Å². The van der Waals surface area contributed by atoms with E-state index in [1.165, 1.54) is 24.2 Å². The predicted octanol–water partition coefficient (Wildman–Crippen LogP) is 3.39. The Kier molecular flexibility index (Phi) is 7.56. The van der Waals surface area contributed by atoms with Crippen molar-refractivity contribution in [1.29, 1.82) is 0 Å². The van der Waals surface area contributed by atoms with Crippen LogP contribution in [-0.2, 0) is 13.1 Å². The van der Waals surface area contributed by atoms with E-state index in [2.05, 4.69) is 85.6 Å². The number of rotatable bonds is 4. The quantitative estimate of drug-likeness (QED) is 0.754. The summed E-state index contributed by atoms with van der Waals surface area (Å²) < 4.78 is 4.50. The first-order chi connectivity index (χ1) is 9.69. The molecule has 2 nitrogen and oxygen atoms in total. The summed E-state index contributed by atoms with van der Waals surface area (Å²) in [5.41, 5.74) is 2.67. The van der Waals surface area contributed by atoms with Gasteiger partial charge in [-0.25, -0.2) is 9.13 Å². The van der Waals surface area contributed by atoms with Crippen LogP contribution in [0.1, 0.15) is 38.1 Å². The molecule has 2 aromatic rings. The topological polar surface area (TPSA) is 7.76 Å². The minimum absolute atomic E-state index is 1.06. The molecule has 0 unspecified atom stereocenters. The van der Waals surface area contributed by atoms with Crippen LogP contribution in [0.5, 0.6) is 0 Å². The molecule has 0 aromatic carbocycles. The Morgan fingerprint density at radius 1 is 0.800 bits per heavy atom. The number of unbranched alkanes of at least 4 members (excludes halogenated alkanes) is 1. The summed E-state index contributed by atoms with van der Waals surface area (Å²) in [5, 5.41) is 0. The lowest BCUT2D eigenvalue weighted by Gasteiger charge is -1.97. The molecule has 2 heterocycles. The number of hydrogen-bond donors (Lipinski definition) is 0. The second-order valence-electron chi connectivity index (χ2n) is 5.02. The standard InChI is InChI=1S/C10H16N.C8H12N/c1-3-4-8-11-9-6-5-7-10(11)2;1-3-9-7-5-4-6-8(9)2/h5-7,9H,3-4,8H2,1-2H3;4-7H,3H2,1-2H3/q2*+1. The Morgan fingerprint density at radius 2 is 1.35 bits per heavy atom. The first kappa shape index (κ1) is 16.4. The van der Waals surface area contributed by atoms with Crippen molar-refractivity contribution in [3.05, 3.63) is 60.2 Å². The smallest absolute Gasteiger partial charge is 0.178 e. The molecule has 108 valence electrons. The van der Waals surface area contributed by atoms with E-state index in [-0.39, 0.29) is 0 Å². The molecule has 0 aliphatic carbocycles. The molecule has 0 atom stereocenters. The lowest BCUT2D eigenvalue weighted by atomic mass is 10.3. The maximum Gasteiger partial charge on any atom is 0.178 e. The largest absolute Gasteiger partial charge is 0.203 e. The highest BCUT2D eigenvalue weighted by atomic mass is 14.9. The molecule has 0 saturated heterocycles. The fourth-order valence-corrected chi connectivity index (χ4v) is 2.06. The summed E-state index contributed by atoms with van der Waals surface area (Å²) in [7, 11) is 0. The SMILES string of the molecule is CCCC[n+]1ccccc1C.CC[n+]1ccccc1C. The van der Waals surface area contributed by atoms with Crippen molar-refractivity contribution in [3.8, 4) is 0 Å². The fraction of sp³-hybridized carbons (Fsp3) is 0.444. The zero-order valence-corrected chi connectivity index (χ0v) is 13.3. The Morgan fingerprint density at radius 3 is 1.75 bits per heavy atom. The highest BCUT2D eigenvalue weighted by Gasteiger charge is 2.01. The van der Waals surface area contributed by atoms with Gasteiger partial charge >= 0.3 is 0 Å². The lowest BCUT2D eigenvalue weighted by Crippen LogP contribution is -2.36. The number of aromatic nitrogens is 2. The molecule has 20 heavy (non-hydrogen) atoms. The third kappa shape index (κ3) is 5.52. The van der Waals surface area contributed by atoms with E-state index in [0.29, 0.717) is 0 Å².